The molecule has 1 aliphatic rings. The van der Waals surface area contributed by atoms with E-state index >= 15 is 0 Å². The molecule has 0 aliphatic carbocycles. The van der Waals surface area contributed by atoms with Crippen LogP contribution in [-0.2, 0) is 6.54 Å². The molecule has 0 amide bonds. The molecule has 1 atom stereocenters. The van der Waals surface area contributed by atoms with Crippen LogP contribution in [0.25, 0.3) is 10.9 Å². The number of halogens is 3. The van der Waals surface area contributed by atoms with Crippen molar-refractivity contribution in [3.8, 4) is 0 Å². The van der Waals surface area contributed by atoms with E-state index in [9.17, 15) is 4.39 Å². The highest BCUT2D eigenvalue weighted by Crippen LogP contribution is 2.21. The summed E-state index contributed by atoms with van der Waals surface area (Å²) in [6.45, 7) is 5.92. The van der Waals surface area contributed by atoms with Gasteiger partial charge in [-0.05, 0) is 30.7 Å². The zero-order valence-corrected chi connectivity index (χ0v) is 13.5. The van der Waals surface area contributed by atoms with Gasteiger partial charge in [-0.25, -0.2) is 4.39 Å². The van der Waals surface area contributed by atoms with Crippen LogP contribution in [-0.4, -0.2) is 35.6 Å². The molecule has 2 aromatic rings. The van der Waals surface area contributed by atoms with Crippen LogP contribution < -0.4 is 5.32 Å². The molecule has 0 saturated carbocycles. The van der Waals surface area contributed by atoms with Crippen molar-refractivity contribution in [2.24, 2.45) is 0 Å². The van der Waals surface area contributed by atoms with E-state index in [1.165, 1.54) is 0 Å². The maximum Gasteiger partial charge on any atom is 0.124 e. The Balaban J connectivity index is 0.00000110. The summed E-state index contributed by atoms with van der Waals surface area (Å²) in [6.07, 6.45) is 1.77. The van der Waals surface area contributed by atoms with Gasteiger partial charge in [-0.1, -0.05) is 6.07 Å². The summed E-state index contributed by atoms with van der Waals surface area (Å²) < 4.78 is 13.7. The standard InChI is InChI=1S/C15H18FN3.2ClH/c1-11-9-17-5-6-19(11)10-13-8-14(16)7-12-3-2-4-18-15(12)13;;/h2-4,7-8,11,17H,5-6,9-10H2,1H3;2*1H/t11-;;/m0../s1. The minimum Gasteiger partial charge on any atom is -0.314 e. The molecule has 1 saturated heterocycles. The fourth-order valence-electron chi connectivity index (χ4n) is 2.68. The molecule has 2 heterocycles. The van der Waals surface area contributed by atoms with E-state index in [1.54, 1.807) is 18.3 Å². The topological polar surface area (TPSA) is 28.2 Å². The van der Waals surface area contributed by atoms with Gasteiger partial charge in [0.25, 0.3) is 0 Å². The van der Waals surface area contributed by atoms with Crippen LogP contribution in [0.3, 0.4) is 0 Å². The lowest BCUT2D eigenvalue weighted by molar-refractivity contribution is 0.166. The summed E-state index contributed by atoms with van der Waals surface area (Å²) in [6, 6.07) is 7.39. The van der Waals surface area contributed by atoms with Crippen molar-refractivity contribution in [1.82, 2.24) is 15.2 Å². The molecule has 6 heteroatoms. The first kappa shape index (κ1) is 18.1. The van der Waals surface area contributed by atoms with Crippen LogP contribution in [0, 0.1) is 5.82 Å². The van der Waals surface area contributed by atoms with Gasteiger partial charge in [0, 0.05) is 43.8 Å². The SMILES string of the molecule is C[C@H]1CNCCN1Cc1cc(F)cc2cccnc12.Cl.Cl. The van der Waals surface area contributed by atoms with Crippen molar-refractivity contribution >= 4 is 35.7 Å². The molecule has 1 aliphatic heterocycles. The Morgan fingerprint density at radius 1 is 1.38 bits per heavy atom. The molecule has 1 fully saturated rings. The Labute approximate surface area is 136 Å². The predicted molar refractivity (Wildman–Crippen MR) is 88.9 cm³/mol. The minimum atomic E-state index is -0.182. The van der Waals surface area contributed by atoms with Gasteiger partial charge in [0.15, 0.2) is 0 Å². The summed E-state index contributed by atoms with van der Waals surface area (Å²) in [5.41, 5.74) is 1.89. The van der Waals surface area contributed by atoms with Crippen LogP contribution in [0.4, 0.5) is 4.39 Å². The number of piperazine rings is 1. The molecular weight excluding hydrogens is 312 g/mol. The normalized spacial score (nSPS) is 18.9. The second-order valence-electron chi connectivity index (χ2n) is 5.16. The van der Waals surface area contributed by atoms with Gasteiger partial charge in [-0.15, -0.1) is 24.8 Å². The molecule has 1 N–H and O–H groups in total. The average molecular weight is 332 g/mol. The second-order valence-corrected chi connectivity index (χ2v) is 5.16. The van der Waals surface area contributed by atoms with Crippen molar-refractivity contribution in [1.29, 1.82) is 0 Å². The monoisotopic (exact) mass is 331 g/mol. The Morgan fingerprint density at radius 2 is 2.19 bits per heavy atom. The number of rotatable bonds is 2. The number of pyridine rings is 1. The molecule has 0 bridgehead atoms. The average Bonchev–Trinajstić information content (AvgIpc) is 2.41. The van der Waals surface area contributed by atoms with Crippen LogP contribution in [0.15, 0.2) is 30.5 Å². The zero-order valence-electron chi connectivity index (χ0n) is 11.9. The van der Waals surface area contributed by atoms with Crippen LogP contribution in [0.5, 0.6) is 0 Å². The van der Waals surface area contributed by atoms with Gasteiger partial charge in [0.2, 0.25) is 0 Å². The molecule has 3 nitrogen and oxygen atoms in total. The second kappa shape index (κ2) is 7.90. The molecule has 0 radical (unpaired) electrons. The number of hydrogen-bond donors (Lipinski definition) is 1. The summed E-state index contributed by atoms with van der Waals surface area (Å²) in [7, 11) is 0. The molecule has 21 heavy (non-hydrogen) atoms. The smallest absolute Gasteiger partial charge is 0.124 e. The van der Waals surface area contributed by atoms with Crippen LogP contribution in [0.1, 0.15) is 12.5 Å². The first-order chi connectivity index (χ1) is 9.24. The number of fused-ring (bicyclic) bond motifs is 1. The highest BCUT2D eigenvalue weighted by molar-refractivity contribution is 5.85. The lowest BCUT2D eigenvalue weighted by atomic mass is 10.1. The lowest BCUT2D eigenvalue weighted by Gasteiger charge is -2.34. The van der Waals surface area contributed by atoms with E-state index in [1.807, 2.05) is 12.1 Å². The molecule has 0 unspecified atom stereocenters. The molecular formula is C15H20Cl2FN3. The fraction of sp³-hybridized carbons (Fsp3) is 0.400. The van der Waals surface area contributed by atoms with Gasteiger partial charge in [-0.3, -0.25) is 9.88 Å². The van der Waals surface area contributed by atoms with Crippen LogP contribution >= 0.6 is 24.8 Å². The molecule has 1 aromatic carbocycles. The van der Waals surface area contributed by atoms with Gasteiger partial charge >= 0.3 is 0 Å². The van der Waals surface area contributed by atoms with Crippen molar-refractivity contribution < 1.29 is 4.39 Å². The van der Waals surface area contributed by atoms with E-state index in [0.29, 0.717) is 6.04 Å². The maximum atomic E-state index is 13.7. The molecule has 1 aromatic heterocycles. The Bertz CT molecular complexity index is 594. The summed E-state index contributed by atoms with van der Waals surface area (Å²) >= 11 is 0. The van der Waals surface area contributed by atoms with Gasteiger partial charge < -0.3 is 5.32 Å². The van der Waals surface area contributed by atoms with Crippen LogP contribution in [0.2, 0.25) is 0 Å². The third kappa shape index (κ3) is 4.04. The predicted octanol–water partition coefficient (Wildman–Crippen LogP) is 3.01. The maximum absolute atomic E-state index is 13.7. The first-order valence-corrected chi connectivity index (χ1v) is 6.72. The van der Waals surface area contributed by atoms with Crippen molar-refractivity contribution in [3.05, 3.63) is 41.8 Å². The first-order valence-electron chi connectivity index (χ1n) is 6.72. The third-order valence-corrected chi connectivity index (χ3v) is 3.76. The number of nitrogens with one attached hydrogen (secondary N) is 1. The minimum absolute atomic E-state index is 0. The molecule has 0 spiro atoms. The zero-order chi connectivity index (χ0) is 13.2. The quantitative estimate of drug-likeness (QED) is 0.916. The van der Waals surface area contributed by atoms with Gasteiger partial charge in [-0.2, -0.15) is 0 Å². The van der Waals surface area contributed by atoms with E-state index < -0.39 is 0 Å². The highest BCUT2D eigenvalue weighted by atomic mass is 35.5. The van der Waals surface area contributed by atoms with E-state index in [2.05, 4.69) is 22.1 Å². The van der Waals surface area contributed by atoms with Gasteiger partial charge in [0.05, 0.1) is 5.52 Å². The van der Waals surface area contributed by atoms with E-state index in [4.69, 9.17) is 0 Å². The largest absolute Gasteiger partial charge is 0.314 e. The molecule has 3 rings (SSSR count). The Kier molecular flexibility index (Phi) is 6.81. The van der Waals surface area contributed by atoms with Crippen molar-refractivity contribution in [2.75, 3.05) is 19.6 Å². The number of benzene rings is 1. The Hall–Kier alpha value is -0.940. The number of aromatic nitrogens is 1. The van der Waals surface area contributed by atoms with E-state index in [0.717, 1.165) is 42.6 Å². The van der Waals surface area contributed by atoms with E-state index in [-0.39, 0.29) is 30.6 Å². The summed E-state index contributed by atoms with van der Waals surface area (Å²) in [5, 5.41) is 4.24. The fourth-order valence-corrected chi connectivity index (χ4v) is 2.68. The number of hydrogen-bond acceptors (Lipinski definition) is 3. The van der Waals surface area contributed by atoms with Crippen molar-refractivity contribution in [2.45, 2.75) is 19.5 Å². The molecule has 116 valence electrons. The summed E-state index contributed by atoms with van der Waals surface area (Å²) in [5.74, 6) is -0.182. The summed E-state index contributed by atoms with van der Waals surface area (Å²) in [4.78, 5) is 6.78. The Morgan fingerprint density at radius 3 is 2.95 bits per heavy atom. The lowest BCUT2D eigenvalue weighted by Crippen LogP contribution is -2.49. The number of nitrogens with zero attached hydrogens (tertiary/aromatic N) is 2. The van der Waals surface area contributed by atoms with Gasteiger partial charge in [0.1, 0.15) is 5.82 Å². The van der Waals surface area contributed by atoms with Crippen molar-refractivity contribution in [3.63, 3.8) is 0 Å². The highest BCUT2D eigenvalue weighted by Gasteiger charge is 2.19. The third-order valence-electron chi connectivity index (χ3n) is 3.76.